The van der Waals surface area contributed by atoms with Crippen molar-refractivity contribution < 1.29 is 0 Å². The number of nitrogens with zero attached hydrogens (tertiary/aromatic N) is 1. The minimum atomic E-state index is 0.626. The third-order valence-corrected chi connectivity index (χ3v) is 3.34. The quantitative estimate of drug-likeness (QED) is 0.689. The van der Waals surface area contributed by atoms with Crippen LogP contribution in [0.25, 0.3) is 10.8 Å². The van der Waals surface area contributed by atoms with Crippen LogP contribution in [0.15, 0.2) is 40.9 Å². The average Bonchev–Trinajstić information content (AvgIpc) is 2.42. The second-order valence-corrected chi connectivity index (χ2v) is 4.62. The van der Waals surface area contributed by atoms with Gasteiger partial charge in [-0.15, -0.1) is 0 Å². The van der Waals surface area contributed by atoms with Crippen LogP contribution in [0.2, 0.25) is 0 Å². The van der Waals surface area contributed by atoms with Gasteiger partial charge in [0.2, 0.25) is 0 Å². The molecule has 0 radical (unpaired) electrons. The van der Waals surface area contributed by atoms with E-state index in [2.05, 4.69) is 52.3 Å². The number of nitriles is 1. The van der Waals surface area contributed by atoms with Crippen LogP contribution in [-0.4, -0.2) is 0 Å². The lowest BCUT2D eigenvalue weighted by molar-refractivity contribution is 0.855. The zero-order chi connectivity index (χ0) is 13.4. The van der Waals surface area contributed by atoms with E-state index in [0.717, 1.165) is 17.3 Å². The summed E-state index contributed by atoms with van der Waals surface area (Å²) in [5.74, 6) is 0. The van der Waals surface area contributed by atoms with Crippen molar-refractivity contribution >= 4 is 26.7 Å². The van der Waals surface area contributed by atoms with E-state index in [1.807, 2.05) is 19.9 Å². The number of aryl methyl sites for hydroxylation is 1. The molecule has 0 amide bonds. The molecule has 0 fully saturated rings. The van der Waals surface area contributed by atoms with Crippen molar-refractivity contribution in [2.24, 2.45) is 0 Å². The molecule has 0 aliphatic rings. The first-order valence-corrected chi connectivity index (χ1v) is 7.15. The highest BCUT2D eigenvalue weighted by molar-refractivity contribution is 9.10. The van der Waals surface area contributed by atoms with E-state index in [1.54, 1.807) is 0 Å². The normalized spacial score (nSPS) is 9.44. The highest BCUT2D eigenvalue weighted by atomic mass is 79.9. The lowest BCUT2D eigenvalue weighted by atomic mass is 10.0. The van der Waals surface area contributed by atoms with Gasteiger partial charge in [0.1, 0.15) is 0 Å². The molecule has 2 rings (SSSR count). The fourth-order valence-electron chi connectivity index (χ4n) is 1.94. The lowest BCUT2D eigenvalue weighted by Gasteiger charge is -2.07. The number of rotatable bonds is 3. The number of halogens is 1. The summed E-state index contributed by atoms with van der Waals surface area (Å²) in [7, 11) is 0. The Labute approximate surface area is 118 Å². The molecule has 0 aliphatic heterocycles. The molecule has 2 heteroatoms. The first kappa shape index (κ1) is 14.7. The van der Waals surface area contributed by atoms with Crippen LogP contribution in [0, 0.1) is 11.3 Å². The molecule has 0 N–H and O–H groups in total. The molecule has 0 spiro atoms. The van der Waals surface area contributed by atoms with Crippen molar-refractivity contribution in [3.05, 3.63) is 46.4 Å². The lowest BCUT2D eigenvalue weighted by Crippen LogP contribution is -1.88. The summed E-state index contributed by atoms with van der Waals surface area (Å²) in [6.07, 6.45) is 2.52. The maximum absolute atomic E-state index is 8.55. The van der Waals surface area contributed by atoms with Crippen LogP contribution in [0.3, 0.4) is 0 Å². The van der Waals surface area contributed by atoms with Crippen LogP contribution < -0.4 is 0 Å². The monoisotopic (exact) mass is 303 g/mol. The summed E-state index contributed by atoms with van der Waals surface area (Å²) in [6.45, 7) is 4.00. The van der Waals surface area contributed by atoms with Gasteiger partial charge in [-0.2, -0.15) is 5.26 Å². The number of hydrogen-bond acceptors (Lipinski definition) is 1. The Bertz CT molecular complexity index is 535. The molecule has 1 nitrogen and oxygen atoms in total. The first-order valence-electron chi connectivity index (χ1n) is 6.36. The SMILES string of the molecule is CC.N#CCCCc1cccc2cccc(Br)c12. The van der Waals surface area contributed by atoms with E-state index in [4.69, 9.17) is 5.26 Å². The van der Waals surface area contributed by atoms with Crippen molar-refractivity contribution in [3.8, 4) is 6.07 Å². The molecule has 2 aromatic rings. The van der Waals surface area contributed by atoms with Crippen molar-refractivity contribution in [1.82, 2.24) is 0 Å². The van der Waals surface area contributed by atoms with E-state index in [9.17, 15) is 0 Å². The van der Waals surface area contributed by atoms with Crippen LogP contribution in [0.1, 0.15) is 32.3 Å². The maximum Gasteiger partial charge on any atom is 0.0621 e. The Balaban J connectivity index is 0.000000771. The molecule has 2 aromatic carbocycles. The second-order valence-electron chi connectivity index (χ2n) is 3.77. The number of unbranched alkanes of at least 4 members (excludes halogenated alkanes) is 1. The third-order valence-electron chi connectivity index (χ3n) is 2.67. The standard InChI is InChI=1S/C14H12BrN.C2H6/c15-13-9-4-8-12-7-3-6-11(14(12)13)5-1-2-10-16;1-2/h3-4,6-9H,1-2,5H2;1-2H3. The topological polar surface area (TPSA) is 23.8 Å². The third kappa shape index (κ3) is 3.58. The van der Waals surface area contributed by atoms with Crippen molar-refractivity contribution in [1.29, 1.82) is 5.26 Å². The van der Waals surface area contributed by atoms with Crippen molar-refractivity contribution in [3.63, 3.8) is 0 Å². The summed E-state index contributed by atoms with van der Waals surface area (Å²) in [5.41, 5.74) is 1.32. The van der Waals surface area contributed by atoms with Gasteiger partial charge in [0.25, 0.3) is 0 Å². The molecular weight excluding hydrogens is 286 g/mol. The Morgan fingerprint density at radius 2 is 1.78 bits per heavy atom. The molecule has 0 aromatic heterocycles. The van der Waals surface area contributed by atoms with Crippen LogP contribution in [0.5, 0.6) is 0 Å². The van der Waals surface area contributed by atoms with E-state index in [1.165, 1.54) is 16.3 Å². The minimum Gasteiger partial charge on any atom is -0.198 e. The predicted octanol–water partition coefficient (Wildman–Crippen LogP) is 5.47. The van der Waals surface area contributed by atoms with Gasteiger partial charge in [0.05, 0.1) is 6.07 Å². The second kappa shape index (κ2) is 7.89. The molecule has 0 saturated heterocycles. The summed E-state index contributed by atoms with van der Waals surface area (Å²) in [5, 5.41) is 11.1. The van der Waals surface area contributed by atoms with E-state index in [0.29, 0.717) is 6.42 Å². The van der Waals surface area contributed by atoms with Gasteiger partial charge < -0.3 is 0 Å². The summed E-state index contributed by atoms with van der Waals surface area (Å²) < 4.78 is 1.14. The van der Waals surface area contributed by atoms with Gasteiger partial charge >= 0.3 is 0 Å². The molecule has 0 atom stereocenters. The van der Waals surface area contributed by atoms with Crippen molar-refractivity contribution in [2.45, 2.75) is 33.1 Å². The smallest absolute Gasteiger partial charge is 0.0621 e. The molecule has 0 heterocycles. The van der Waals surface area contributed by atoms with Gasteiger partial charge in [0.15, 0.2) is 0 Å². The number of fused-ring (bicyclic) bond motifs is 1. The zero-order valence-corrected chi connectivity index (χ0v) is 12.5. The molecule has 0 bridgehead atoms. The first-order chi connectivity index (χ1) is 8.83. The van der Waals surface area contributed by atoms with Crippen LogP contribution in [-0.2, 0) is 6.42 Å². The Kier molecular flexibility index (Phi) is 6.46. The molecule has 18 heavy (non-hydrogen) atoms. The molecular formula is C16H18BrN. The average molecular weight is 304 g/mol. The molecule has 0 aliphatic carbocycles. The van der Waals surface area contributed by atoms with E-state index < -0.39 is 0 Å². The van der Waals surface area contributed by atoms with E-state index in [-0.39, 0.29) is 0 Å². The van der Waals surface area contributed by atoms with Gasteiger partial charge in [-0.3, -0.25) is 0 Å². The fraction of sp³-hybridized carbons (Fsp3) is 0.312. The van der Waals surface area contributed by atoms with Crippen LogP contribution in [0.4, 0.5) is 0 Å². The fourth-order valence-corrected chi connectivity index (χ4v) is 2.57. The van der Waals surface area contributed by atoms with Gasteiger partial charge in [-0.1, -0.05) is 60.1 Å². The summed E-state index contributed by atoms with van der Waals surface area (Å²) in [4.78, 5) is 0. The summed E-state index contributed by atoms with van der Waals surface area (Å²) in [6, 6.07) is 14.8. The van der Waals surface area contributed by atoms with Crippen LogP contribution >= 0.6 is 15.9 Å². The van der Waals surface area contributed by atoms with Gasteiger partial charge in [-0.25, -0.2) is 0 Å². The molecule has 0 unspecified atom stereocenters. The maximum atomic E-state index is 8.55. The van der Waals surface area contributed by atoms with Gasteiger partial charge in [0, 0.05) is 10.9 Å². The minimum absolute atomic E-state index is 0.626. The predicted molar refractivity (Wildman–Crippen MR) is 81.5 cm³/mol. The Hall–Kier alpha value is -1.33. The molecule has 94 valence electrons. The Morgan fingerprint density at radius 3 is 2.44 bits per heavy atom. The largest absolute Gasteiger partial charge is 0.198 e. The van der Waals surface area contributed by atoms with E-state index >= 15 is 0 Å². The van der Waals surface area contributed by atoms with Gasteiger partial charge in [-0.05, 0) is 35.2 Å². The summed E-state index contributed by atoms with van der Waals surface area (Å²) >= 11 is 3.59. The number of hydrogen-bond donors (Lipinski definition) is 0. The highest BCUT2D eigenvalue weighted by Gasteiger charge is 2.03. The highest BCUT2D eigenvalue weighted by Crippen LogP contribution is 2.28. The number of benzene rings is 2. The zero-order valence-electron chi connectivity index (χ0n) is 10.9. The molecule has 0 saturated carbocycles. The van der Waals surface area contributed by atoms with Crippen molar-refractivity contribution in [2.75, 3.05) is 0 Å². The Morgan fingerprint density at radius 1 is 1.11 bits per heavy atom.